The van der Waals surface area contributed by atoms with E-state index in [1.165, 1.54) is 4.31 Å². The van der Waals surface area contributed by atoms with Crippen LogP contribution in [0.25, 0.3) is 0 Å². The minimum absolute atomic E-state index is 0.196. The molecule has 0 unspecified atom stereocenters. The van der Waals surface area contributed by atoms with Gasteiger partial charge in [-0.2, -0.15) is 9.41 Å². The van der Waals surface area contributed by atoms with E-state index in [-0.39, 0.29) is 23.1 Å². The Hall–Kier alpha value is -2.30. The first-order valence-electron chi connectivity index (χ1n) is 8.77. The first-order chi connectivity index (χ1) is 13.0. The van der Waals surface area contributed by atoms with Crippen molar-refractivity contribution in [1.82, 2.24) is 15.0 Å². The topological polar surface area (TPSA) is 117 Å². The molecule has 1 aromatic rings. The van der Waals surface area contributed by atoms with Gasteiger partial charge >= 0.3 is 0 Å². The van der Waals surface area contributed by atoms with Crippen molar-refractivity contribution in [1.29, 1.82) is 0 Å². The molecule has 0 aromatic heterocycles. The number of carbonyl (C=O) groups is 2. The average Bonchev–Trinajstić information content (AvgIpc) is 2.69. The van der Waals surface area contributed by atoms with Crippen LogP contribution < -0.4 is 10.7 Å². The second-order valence-corrected chi connectivity index (χ2v) is 8.20. The Balaban J connectivity index is 1.52. The van der Waals surface area contributed by atoms with Crippen LogP contribution in [0.15, 0.2) is 34.3 Å². The summed E-state index contributed by atoms with van der Waals surface area (Å²) in [7, 11) is -3.50. The van der Waals surface area contributed by atoms with E-state index in [9.17, 15) is 18.0 Å². The van der Waals surface area contributed by atoms with E-state index < -0.39 is 10.0 Å². The molecule has 2 heterocycles. The van der Waals surface area contributed by atoms with E-state index in [2.05, 4.69) is 15.8 Å². The molecule has 1 aromatic carbocycles. The Morgan fingerprint density at radius 3 is 2.52 bits per heavy atom. The quantitative estimate of drug-likeness (QED) is 0.683. The molecule has 1 fully saturated rings. The highest BCUT2D eigenvalue weighted by atomic mass is 32.2. The van der Waals surface area contributed by atoms with Crippen LogP contribution in [0.1, 0.15) is 18.4 Å². The van der Waals surface area contributed by atoms with Crippen molar-refractivity contribution in [3.05, 3.63) is 29.8 Å². The zero-order valence-corrected chi connectivity index (χ0v) is 15.6. The number of hydrazone groups is 1. The number of benzene rings is 1. The van der Waals surface area contributed by atoms with Gasteiger partial charge < -0.3 is 10.1 Å². The molecule has 2 N–H and O–H groups in total. The molecule has 0 atom stereocenters. The third-order valence-electron chi connectivity index (χ3n) is 4.40. The second-order valence-electron chi connectivity index (χ2n) is 6.26. The Kier molecular flexibility index (Phi) is 6.19. The third kappa shape index (κ3) is 4.90. The molecule has 2 aliphatic rings. The van der Waals surface area contributed by atoms with Crippen molar-refractivity contribution < 1.29 is 22.7 Å². The van der Waals surface area contributed by atoms with Crippen LogP contribution in [0.2, 0.25) is 0 Å². The lowest BCUT2D eigenvalue weighted by molar-refractivity contribution is -0.121. The van der Waals surface area contributed by atoms with Gasteiger partial charge in [0.1, 0.15) is 5.71 Å². The van der Waals surface area contributed by atoms with Gasteiger partial charge in [-0.1, -0.05) is 12.1 Å². The largest absolute Gasteiger partial charge is 0.379 e. The predicted molar refractivity (Wildman–Crippen MR) is 97.5 cm³/mol. The van der Waals surface area contributed by atoms with Crippen LogP contribution in [-0.2, 0) is 30.8 Å². The molecule has 0 radical (unpaired) electrons. The number of nitrogens with zero attached hydrogens (tertiary/aromatic N) is 2. The van der Waals surface area contributed by atoms with Gasteiger partial charge in [-0.3, -0.25) is 9.59 Å². The SMILES string of the molecule is O=C1CCC(C(=O)NCCc2ccc(S(=O)(=O)N3CCOCC3)cc2)=NN1. The lowest BCUT2D eigenvalue weighted by Gasteiger charge is -2.26. The number of hydrogen-bond donors (Lipinski definition) is 2. The molecule has 9 nitrogen and oxygen atoms in total. The zero-order chi connectivity index (χ0) is 19.3. The fourth-order valence-corrected chi connectivity index (χ4v) is 4.23. The van der Waals surface area contributed by atoms with Crippen LogP contribution in [0.4, 0.5) is 0 Å². The zero-order valence-electron chi connectivity index (χ0n) is 14.8. The number of sulfonamides is 1. The Labute approximate surface area is 157 Å². The van der Waals surface area contributed by atoms with Gasteiger partial charge in [0.05, 0.1) is 18.1 Å². The summed E-state index contributed by atoms with van der Waals surface area (Å²) in [5.41, 5.74) is 3.51. The summed E-state index contributed by atoms with van der Waals surface area (Å²) < 4.78 is 31.8. The number of hydrogen-bond acceptors (Lipinski definition) is 6. The molecule has 10 heteroatoms. The van der Waals surface area contributed by atoms with Crippen LogP contribution in [-0.4, -0.2) is 63.1 Å². The first-order valence-corrected chi connectivity index (χ1v) is 10.2. The number of ether oxygens (including phenoxy) is 1. The van der Waals surface area contributed by atoms with Crippen LogP contribution in [0.3, 0.4) is 0 Å². The number of nitrogens with one attached hydrogen (secondary N) is 2. The summed E-state index contributed by atoms with van der Waals surface area (Å²) in [6.07, 6.45) is 1.14. The van der Waals surface area contributed by atoms with Gasteiger partial charge in [0, 0.05) is 32.5 Å². The standard InChI is InChI=1S/C17H22N4O5S/c22-16-6-5-15(19-20-16)17(23)18-8-7-13-1-3-14(4-2-13)27(24,25)21-9-11-26-12-10-21/h1-4H,5-12H2,(H,18,23)(H,20,22). The summed E-state index contributed by atoms with van der Waals surface area (Å²) in [5.74, 6) is -0.500. The van der Waals surface area contributed by atoms with Crippen molar-refractivity contribution in [3.63, 3.8) is 0 Å². The fraction of sp³-hybridized carbons (Fsp3) is 0.471. The monoisotopic (exact) mass is 394 g/mol. The van der Waals surface area contributed by atoms with Crippen molar-refractivity contribution in [3.8, 4) is 0 Å². The number of carbonyl (C=O) groups excluding carboxylic acids is 2. The van der Waals surface area contributed by atoms with E-state index in [1.807, 2.05) is 0 Å². The normalized spacial score (nSPS) is 18.5. The molecular weight excluding hydrogens is 372 g/mol. The molecule has 3 rings (SSSR count). The summed E-state index contributed by atoms with van der Waals surface area (Å²) >= 11 is 0. The van der Waals surface area contributed by atoms with Crippen LogP contribution >= 0.6 is 0 Å². The van der Waals surface area contributed by atoms with Crippen molar-refractivity contribution >= 4 is 27.5 Å². The summed E-state index contributed by atoms with van der Waals surface area (Å²) in [4.78, 5) is 23.2. The van der Waals surface area contributed by atoms with Gasteiger partial charge in [-0.05, 0) is 24.1 Å². The number of morpholine rings is 1. The highest BCUT2D eigenvalue weighted by Gasteiger charge is 2.26. The lowest BCUT2D eigenvalue weighted by Crippen LogP contribution is -2.40. The summed E-state index contributed by atoms with van der Waals surface area (Å²) in [6, 6.07) is 6.67. The van der Waals surface area contributed by atoms with Gasteiger partial charge in [0.25, 0.3) is 5.91 Å². The smallest absolute Gasteiger partial charge is 0.267 e. The van der Waals surface area contributed by atoms with E-state index in [0.717, 1.165) is 5.56 Å². The van der Waals surface area contributed by atoms with Crippen LogP contribution in [0.5, 0.6) is 0 Å². The summed E-state index contributed by atoms with van der Waals surface area (Å²) in [5, 5.41) is 6.49. The highest BCUT2D eigenvalue weighted by molar-refractivity contribution is 7.89. The second kappa shape index (κ2) is 8.59. The van der Waals surface area contributed by atoms with Gasteiger partial charge in [0.2, 0.25) is 15.9 Å². The minimum atomic E-state index is -3.50. The molecule has 146 valence electrons. The maximum absolute atomic E-state index is 12.6. The average molecular weight is 394 g/mol. The minimum Gasteiger partial charge on any atom is -0.379 e. The molecule has 1 saturated heterocycles. The fourth-order valence-electron chi connectivity index (χ4n) is 2.82. The Morgan fingerprint density at radius 1 is 1.19 bits per heavy atom. The summed E-state index contributed by atoms with van der Waals surface area (Å²) in [6.45, 7) is 1.93. The molecule has 2 aliphatic heterocycles. The third-order valence-corrected chi connectivity index (χ3v) is 6.31. The Bertz CT molecular complexity index is 829. The van der Waals surface area contributed by atoms with E-state index in [4.69, 9.17) is 4.74 Å². The maximum atomic E-state index is 12.6. The maximum Gasteiger partial charge on any atom is 0.267 e. The molecule has 0 spiro atoms. The first kappa shape index (κ1) is 19.5. The van der Waals surface area contributed by atoms with E-state index in [1.54, 1.807) is 24.3 Å². The molecule has 0 bridgehead atoms. The van der Waals surface area contributed by atoms with Crippen molar-refractivity contribution in [2.75, 3.05) is 32.8 Å². The molecule has 2 amide bonds. The number of amides is 2. The highest BCUT2D eigenvalue weighted by Crippen LogP contribution is 2.17. The molecule has 0 saturated carbocycles. The van der Waals surface area contributed by atoms with Crippen molar-refractivity contribution in [2.45, 2.75) is 24.2 Å². The molecule has 27 heavy (non-hydrogen) atoms. The molecule has 0 aliphatic carbocycles. The van der Waals surface area contributed by atoms with E-state index >= 15 is 0 Å². The predicted octanol–water partition coefficient (Wildman–Crippen LogP) is -0.368. The Morgan fingerprint density at radius 2 is 1.89 bits per heavy atom. The van der Waals surface area contributed by atoms with E-state index in [0.29, 0.717) is 51.4 Å². The number of rotatable bonds is 6. The van der Waals surface area contributed by atoms with Gasteiger partial charge in [0.15, 0.2) is 0 Å². The van der Waals surface area contributed by atoms with Crippen molar-refractivity contribution in [2.24, 2.45) is 5.10 Å². The lowest BCUT2D eigenvalue weighted by atomic mass is 10.1. The van der Waals surface area contributed by atoms with Crippen LogP contribution in [0, 0.1) is 0 Å². The van der Waals surface area contributed by atoms with Gasteiger partial charge in [-0.25, -0.2) is 13.8 Å². The van der Waals surface area contributed by atoms with Gasteiger partial charge in [-0.15, -0.1) is 0 Å². The molecular formula is C17H22N4O5S.